The number of rotatable bonds is 3. The Bertz CT molecular complexity index is 720. The number of aryl methyl sites for hydroxylation is 1. The van der Waals surface area contributed by atoms with Gasteiger partial charge in [0.25, 0.3) is 5.69 Å². The van der Waals surface area contributed by atoms with Crippen molar-refractivity contribution in [2.75, 3.05) is 11.1 Å². The van der Waals surface area contributed by atoms with Gasteiger partial charge in [-0.15, -0.1) is 0 Å². The van der Waals surface area contributed by atoms with Crippen molar-refractivity contribution in [3.05, 3.63) is 56.7 Å². The summed E-state index contributed by atoms with van der Waals surface area (Å²) in [6.07, 6.45) is 3.05. The van der Waals surface area contributed by atoms with Crippen LogP contribution >= 0.6 is 11.6 Å². The molecule has 1 aliphatic rings. The predicted octanol–water partition coefficient (Wildman–Crippen LogP) is 3.32. The fourth-order valence-corrected chi connectivity index (χ4v) is 2.80. The Kier molecular flexibility index (Phi) is 3.39. The number of halogens is 1. The van der Waals surface area contributed by atoms with Gasteiger partial charge >= 0.3 is 0 Å². The lowest BCUT2D eigenvalue weighted by atomic mass is 10.1. The van der Waals surface area contributed by atoms with Crippen molar-refractivity contribution in [2.24, 2.45) is 0 Å². The fraction of sp³-hybridized carbons (Fsp3) is 0.214. The van der Waals surface area contributed by atoms with Crippen LogP contribution in [0.5, 0.6) is 0 Å². The van der Waals surface area contributed by atoms with Crippen molar-refractivity contribution in [2.45, 2.75) is 18.9 Å². The summed E-state index contributed by atoms with van der Waals surface area (Å²) in [5, 5.41) is 14.2. The number of nitrogen functional groups attached to an aromatic ring is 1. The Hall–Kier alpha value is -2.34. The fourth-order valence-electron chi connectivity index (χ4n) is 2.59. The molecule has 1 heterocycles. The van der Waals surface area contributed by atoms with E-state index in [2.05, 4.69) is 10.3 Å². The predicted molar refractivity (Wildman–Crippen MR) is 81.4 cm³/mol. The molecule has 0 aliphatic heterocycles. The Morgan fingerprint density at radius 3 is 2.95 bits per heavy atom. The minimum Gasteiger partial charge on any atom is -0.399 e. The Morgan fingerprint density at radius 2 is 2.24 bits per heavy atom. The maximum Gasteiger partial charge on any atom is 0.289 e. The molecule has 0 radical (unpaired) electrons. The maximum atomic E-state index is 10.7. The van der Waals surface area contributed by atoms with E-state index in [4.69, 9.17) is 17.3 Å². The highest BCUT2D eigenvalue weighted by molar-refractivity contribution is 6.33. The maximum absolute atomic E-state index is 10.7. The van der Waals surface area contributed by atoms with E-state index in [1.807, 2.05) is 18.2 Å². The molecule has 0 fully saturated rings. The third-order valence-electron chi connectivity index (χ3n) is 3.59. The molecule has 1 atom stereocenters. The van der Waals surface area contributed by atoms with Gasteiger partial charge in [-0.1, -0.05) is 17.7 Å². The van der Waals surface area contributed by atoms with Crippen LogP contribution in [-0.4, -0.2) is 9.91 Å². The van der Waals surface area contributed by atoms with Crippen molar-refractivity contribution in [3.8, 4) is 0 Å². The van der Waals surface area contributed by atoms with Crippen LogP contribution in [0.1, 0.15) is 23.6 Å². The second-order valence-corrected chi connectivity index (χ2v) is 5.38. The summed E-state index contributed by atoms with van der Waals surface area (Å²) < 4.78 is 0. The van der Waals surface area contributed by atoms with Crippen LogP contribution in [0, 0.1) is 10.1 Å². The zero-order valence-electron chi connectivity index (χ0n) is 11.0. The summed E-state index contributed by atoms with van der Waals surface area (Å²) >= 11 is 6.05. The number of hydrogen-bond acceptors (Lipinski definition) is 5. The summed E-state index contributed by atoms with van der Waals surface area (Å²) in [7, 11) is 0. The number of hydrogen-bond donors (Lipinski definition) is 2. The van der Waals surface area contributed by atoms with Crippen LogP contribution in [0.15, 0.2) is 30.5 Å². The molecule has 6 nitrogen and oxygen atoms in total. The van der Waals surface area contributed by atoms with Gasteiger partial charge in [0.05, 0.1) is 16.0 Å². The molecule has 0 bridgehead atoms. The number of benzene rings is 1. The second kappa shape index (κ2) is 5.21. The third-order valence-corrected chi connectivity index (χ3v) is 3.88. The van der Waals surface area contributed by atoms with Crippen LogP contribution in [0.3, 0.4) is 0 Å². The van der Waals surface area contributed by atoms with Gasteiger partial charge in [-0.2, -0.15) is 0 Å². The number of nitrogens with one attached hydrogen (secondary N) is 1. The monoisotopic (exact) mass is 304 g/mol. The van der Waals surface area contributed by atoms with E-state index in [9.17, 15) is 10.1 Å². The van der Waals surface area contributed by atoms with Gasteiger partial charge in [-0.25, -0.2) is 4.98 Å². The molecule has 1 aliphatic carbocycles. The quantitative estimate of drug-likeness (QED) is 0.515. The molecule has 0 saturated carbocycles. The van der Waals surface area contributed by atoms with Gasteiger partial charge in [0, 0.05) is 11.8 Å². The first-order valence-corrected chi connectivity index (χ1v) is 6.87. The lowest BCUT2D eigenvalue weighted by Gasteiger charge is -2.15. The van der Waals surface area contributed by atoms with Crippen molar-refractivity contribution in [1.82, 2.24) is 4.98 Å². The summed E-state index contributed by atoms with van der Waals surface area (Å²) in [5.74, 6) is 0.456. The highest BCUT2D eigenvalue weighted by Crippen LogP contribution is 2.36. The highest BCUT2D eigenvalue weighted by Gasteiger charge is 2.23. The van der Waals surface area contributed by atoms with E-state index < -0.39 is 4.92 Å². The van der Waals surface area contributed by atoms with Crippen LogP contribution in [0.4, 0.5) is 17.2 Å². The minimum absolute atomic E-state index is 0.0899. The lowest BCUT2D eigenvalue weighted by molar-refractivity contribution is -0.385. The average molecular weight is 305 g/mol. The number of aromatic nitrogens is 1. The standard InChI is InChI=1S/C14H13ClN4O2/c15-12-6-10(19(20)21)7-17-14(12)18-13-4-1-8-5-9(16)2-3-11(8)13/h2-3,5-7,13H,1,4,16H2,(H,17,18). The topological polar surface area (TPSA) is 94.1 Å². The van der Waals surface area contributed by atoms with Crippen LogP contribution in [-0.2, 0) is 6.42 Å². The third kappa shape index (κ3) is 2.62. The van der Waals surface area contributed by atoms with Crippen LogP contribution in [0.2, 0.25) is 5.02 Å². The second-order valence-electron chi connectivity index (χ2n) is 4.97. The molecule has 21 heavy (non-hydrogen) atoms. The number of nitro groups is 1. The molecule has 3 rings (SSSR count). The zero-order valence-corrected chi connectivity index (χ0v) is 11.8. The van der Waals surface area contributed by atoms with Crippen molar-refractivity contribution >= 4 is 28.8 Å². The first-order valence-electron chi connectivity index (χ1n) is 6.49. The largest absolute Gasteiger partial charge is 0.399 e. The lowest BCUT2D eigenvalue weighted by Crippen LogP contribution is -2.09. The Morgan fingerprint density at radius 1 is 1.43 bits per heavy atom. The van der Waals surface area contributed by atoms with Crippen molar-refractivity contribution in [3.63, 3.8) is 0 Å². The molecule has 0 saturated heterocycles. The van der Waals surface area contributed by atoms with E-state index >= 15 is 0 Å². The summed E-state index contributed by atoms with van der Waals surface area (Å²) in [4.78, 5) is 14.2. The van der Waals surface area contributed by atoms with E-state index in [0.29, 0.717) is 5.82 Å². The first-order chi connectivity index (χ1) is 10.0. The van der Waals surface area contributed by atoms with Crippen molar-refractivity contribution in [1.29, 1.82) is 0 Å². The minimum atomic E-state index is -0.518. The molecule has 3 N–H and O–H groups in total. The smallest absolute Gasteiger partial charge is 0.289 e. The Labute approximate surface area is 126 Å². The van der Waals surface area contributed by atoms with Crippen molar-refractivity contribution < 1.29 is 4.92 Å². The summed E-state index contributed by atoms with van der Waals surface area (Å²) in [6, 6.07) is 7.22. The SMILES string of the molecule is Nc1ccc2c(c1)CCC2Nc1ncc([N+](=O)[O-])cc1Cl. The van der Waals surface area contributed by atoms with Gasteiger partial charge in [-0.3, -0.25) is 10.1 Å². The van der Waals surface area contributed by atoms with Gasteiger partial charge in [-0.05, 0) is 36.1 Å². The normalized spacial score (nSPS) is 16.5. The van der Waals surface area contributed by atoms with Gasteiger partial charge in [0.15, 0.2) is 0 Å². The molecule has 2 aromatic rings. The van der Waals surface area contributed by atoms with E-state index in [1.54, 1.807) is 0 Å². The highest BCUT2D eigenvalue weighted by atomic mass is 35.5. The van der Waals surface area contributed by atoms with E-state index in [0.717, 1.165) is 18.5 Å². The molecule has 108 valence electrons. The zero-order chi connectivity index (χ0) is 15.0. The molecular weight excluding hydrogens is 292 g/mol. The summed E-state index contributed by atoms with van der Waals surface area (Å²) in [5.41, 5.74) is 8.79. The number of nitrogens with two attached hydrogens (primary N) is 1. The number of anilines is 2. The molecule has 1 aromatic carbocycles. The Balaban J connectivity index is 1.84. The number of fused-ring (bicyclic) bond motifs is 1. The molecule has 1 aromatic heterocycles. The molecule has 7 heteroatoms. The van der Waals surface area contributed by atoms with E-state index in [-0.39, 0.29) is 16.8 Å². The summed E-state index contributed by atoms with van der Waals surface area (Å²) in [6.45, 7) is 0. The number of pyridine rings is 1. The average Bonchev–Trinajstić information content (AvgIpc) is 2.83. The van der Waals surface area contributed by atoms with Gasteiger partial charge in [0.2, 0.25) is 0 Å². The number of nitrogens with zero attached hydrogens (tertiary/aromatic N) is 2. The van der Waals surface area contributed by atoms with Crippen LogP contribution in [0.25, 0.3) is 0 Å². The van der Waals surface area contributed by atoms with Gasteiger partial charge in [0.1, 0.15) is 12.0 Å². The first kappa shape index (κ1) is 13.6. The molecule has 0 spiro atoms. The molecule has 1 unspecified atom stereocenters. The van der Waals surface area contributed by atoms with E-state index in [1.165, 1.54) is 23.4 Å². The van der Waals surface area contributed by atoms with Gasteiger partial charge < -0.3 is 11.1 Å². The molecular formula is C14H13ClN4O2. The molecule has 0 amide bonds. The van der Waals surface area contributed by atoms with Crippen LogP contribution < -0.4 is 11.1 Å².